The Kier molecular flexibility index (Phi) is 3.19. The molecular formula is C10H20N2O. The molecule has 3 nitrogen and oxygen atoms in total. The van der Waals surface area contributed by atoms with E-state index in [-0.39, 0.29) is 0 Å². The van der Waals surface area contributed by atoms with E-state index in [9.17, 15) is 0 Å². The zero-order chi connectivity index (χ0) is 9.10. The van der Waals surface area contributed by atoms with Crippen LogP contribution in [-0.2, 0) is 4.74 Å². The van der Waals surface area contributed by atoms with Crippen molar-refractivity contribution in [2.45, 2.75) is 18.9 Å². The second-order valence-corrected chi connectivity index (χ2v) is 4.21. The lowest BCUT2D eigenvalue weighted by molar-refractivity contribution is 0.132. The third-order valence-electron chi connectivity index (χ3n) is 3.14. The van der Waals surface area contributed by atoms with Crippen molar-refractivity contribution in [1.29, 1.82) is 0 Å². The highest BCUT2D eigenvalue weighted by Gasteiger charge is 2.25. The van der Waals surface area contributed by atoms with Gasteiger partial charge < -0.3 is 9.64 Å². The average Bonchev–Trinajstić information content (AvgIpc) is 2.43. The summed E-state index contributed by atoms with van der Waals surface area (Å²) < 4.78 is 5.46. The van der Waals surface area contributed by atoms with Crippen LogP contribution in [0.2, 0.25) is 0 Å². The molecule has 0 saturated carbocycles. The first-order valence-corrected chi connectivity index (χ1v) is 5.36. The van der Waals surface area contributed by atoms with Crippen molar-refractivity contribution in [3.63, 3.8) is 0 Å². The fraction of sp³-hybridized carbons (Fsp3) is 1.00. The Morgan fingerprint density at radius 1 is 1.15 bits per heavy atom. The quantitative estimate of drug-likeness (QED) is 0.587. The van der Waals surface area contributed by atoms with E-state index in [0.717, 1.165) is 25.8 Å². The summed E-state index contributed by atoms with van der Waals surface area (Å²) in [6, 6.07) is 0.798. The van der Waals surface area contributed by atoms with Gasteiger partial charge in [-0.25, -0.2) is 0 Å². The van der Waals surface area contributed by atoms with Crippen LogP contribution in [0.3, 0.4) is 0 Å². The van der Waals surface area contributed by atoms with Gasteiger partial charge in [0.1, 0.15) is 0 Å². The average molecular weight is 184 g/mol. The summed E-state index contributed by atoms with van der Waals surface area (Å²) in [5, 5.41) is 0. The summed E-state index contributed by atoms with van der Waals surface area (Å²) in [7, 11) is 2.22. The van der Waals surface area contributed by atoms with Crippen molar-refractivity contribution in [3.05, 3.63) is 0 Å². The smallest absolute Gasteiger partial charge is 0.0593 e. The molecule has 2 aliphatic rings. The molecule has 76 valence electrons. The summed E-state index contributed by atoms with van der Waals surface area (Å²) in [6.07, 6.45) is 2.55. The molecular weight excluding hydrogens is 164 g/mol. The second kappa shape index (κ2) is 4.40. The van der Waals surface area contributed by atoms with Gasteiger partial charge in [0.05, 0.1) is 6.61 Å². The maximum atomic E-state index is 5.46. The first kappa shape index (κ1) is 9.44. The van der Waals surface area contributed by atoms with Gasteiger partial charge in [-0.2, -0.15) is 0 Å². The van der Waals surface area contributed by atoms with Crippen LogP contribution in [0.1, 0.15) is 12.8 Å². The number of likely N-dealkylation sites (tertiary alicyclic amines) is 1. The minimum absolute atomic E-state index is 0.798. The summed E-state index contributed by atoms with van der Waals surface area (Å²) in [6.45, 7) is 6.78. The van der Waals surface area contributed by atoms with Crippen molar-refractivity contribution >= 4 is 0 Å². The highest BCUT2D eigenvalue weighted by molar-refractivity contribution is 4.82. The van der Waals surface area contributed by atoms with Gasteiger partial charge in [0.15, 0.2) is 0 Å². The number of hydrogen-bond acceptors (Lipinski definition) is 3. The van der Waals surface area contributed by atoms with Crippen molar-refractivity contribution in [2.24, 2.45) is 0 Å². The van der Waals surface area contributed by atoms with Crippen LogP contribution in [0.15, 0.2) is 0 Å². The maximum Gasteiger partial charge on any atom is 0.0593 e. The van der Waals surface area contributed by atoms with E-state index < -0.39 is 0 Å². The van der Waals surface area contributed by atoms with E-state index in [1.807, 2.05) is 0 Å². The predicted molar refractivity (Wildman–Crippen MR) is 52.9 cm³/mol. The number of rotatable bonds is 1. The summed E-state index contributed by atoms with van der Waals surface area (Å²) in [5.74, 6) is 0. The Morgan fingerprint density at radius 3 is 2.85 bits per heavy atom. The molecule has 13 heavy (non-hydrogen) atoms. The lowest BCUT2D eigenvalue weighted by Crippen LogP contribution is -2.38. The first-order chi connectivity index (χ1) is 6.36. The minimum Gasteiger partial charge on any atom is -0.380 e. The van der Waals surface area contributed by atoms with Crippen LogP contribution in [0, 0.1) is 0 Å². The zero-order valence-corrected chi connectivity index (χ0v) is 8.54. The third-order valence-corrected chi connectivity index (χ3v) is 3.14. The minimum atomic E-state index is 0.798. The van der Waals surface area contributed by atoms with Crippen molar-refractivity contribution in [1.82, 2.24) is 9.80 Å². The lowest BCUT2D eigenvalue weighted by atomic mass is 10.2. The van der Waals surface area contributed by atoms with Gasteiger partial charge in [-0.3, -0.25) is 4.90 Å². The highest BCUT2D eigenvalue weighted by atomic mass is 16.5. The Balaban J connectivity index is 1.84. The normalized spacial score (nSPS) is 33.5. The molecule has 3 heteroatoms. The topological polar surface area (TPSA) is 15.7 Å². The van der Waals surface area contributed by atoms with E-state index >= 15 is 0 Å². The molecule has 0 bridgehead atoms. The number of nitrogens with zero attached hydrogens (tertiary/aromatic N) is 2. The molecule has 2 rings (SSSR count). The predicted octanol–water partition coefficient (Wildman–Crippen LogP) is 0.413. The fourth-order valence-corrected chi connectivity index (χ4v) is 2.34. The molecule has 2 aliphatic heterocycles. The van der Waals surface area contributed by atoms with E-state index in [4.69, 9.17) is 4.74 Å². The van der Waals surface area contributed by atoms with Crippen LogP contribution in [0.25, 0.3) is 0 Å². The molecule has 2 heterocycles. The molecule has 0 radical (unpaired) electrons. The van der Waals surface area contributed by atoms with Crippen LogP contribution in [0.4, 0.5) is 0 Å². The highest BCUT2D eigenvalue weighted by Crippen LogP contribution is 2.15. The van der Waals surface area contributed by atoms with Crippen molar-refractivity contribution in [3.8, 4) is 0 Å². The van der Waals surface area contributed by atoms with Crippen molar-refractivity contribution in [2.75, 3.05) is 46.4 Å². The SMILES string of the molecule is CN1CCC(N2CCCOCC2)C1. The number of ether oxygens (including phenoxy) is 1. The molecule has 0 aromatic rings. The van der Waals surface area contributed by atoms with E-state index in [0.29, 0.717) is 0 Å². The van der Waals surface area contributed by atoms with Gasteiger partial charge in [0.25, 0.3) is 0 Å². The molecule has 0 aromatic carbocycles. The Bertz CT molecular complexity index is 155. The Morgan fingerprint density at radius 2 is 2.08 bits per heavy atom. The van der Waals surface area contributed by atoms with Crippen LogP contribution in [0.5, 0.6) is 0 Å². The van der Waals surface area contributed by atoms with Gasteiger partial charge in [-0.15, -0.1) is 0 Å². The first-order valence-electron chi connectivity index (χ1n) is 5.36. The summed E-state index contributed by atoms with van der Waals surface area (Å²) >= 11 is 0. The number of likely N-dealkylation sites (N-methyl/N-ethyl adjacent to an activating group) is 1. The van der Waals surface area contributed by atoms with Gasteiger partial charge in [-0.1, -0.05) is 0 Å². The Hall–Kier alpha value is -0.120. The van der Waals surface area contributed by atoms with Crippen LogP contribution < -0.4 is 0 Å². The van der Waals surface area contributed by atoms with Crippen molar-refractivity contribution < 1.29 is 4.74 Å². The fourth-order valence-electron chi connectivity index (χ4n) is 2.34. The standard InChI is InChI=1S/C10H20N2O/c1-11-5-3-10(9-11)12-4-2-7-13-8-6-12/h10H,2-9H2,1H3. The van der Waals surface area contributed by atoms with Gasteiger partial charge in [0, 0.05) is 32.3 Å². The number of hydrogen-bond donors (Lipinski definition) is 0. The van der Waals surface area contributed by atoms with Gasteiger partial charge in [0.2, 0.25) is 0 Å². The third kappa shape index (κ3) is 2.42. The van der Waals surface area contributed by atoms with Gasteiger partial charge >= 0.3 is 0 Å². The van der Waals surface area contributed by atoms with E-state index in [1.165, 1.54) is 32.5 Å². The molecule has 2 saturated heterocycles. The molecule has 0 N–H and O–H groups in total. The van der Waals surface area contributed by atoms with E-state index in [2.05, 4.69) is 16.8 Å². The summed E-state index contributed by atoms with van der Waals surface area (Å²) in [5.41, 5.74) is 0. The molecule has 1 atom stereocenters. The molecule has 1 unspecified atom stereocenters. The summed E-state index contributed by atoms with van der Waals surface area (Å²) in [4.78, 5) is 5.03. The molecule has 0 amide bonds. The molecule has 0 spiro atoms. The largest absolute Gasteiger partial charge is 0.380 e. The second-order valence-electron chi connectivity index (χ2n) is 4.21. The molecule has 0 aromatic heterocycles. The monoisotopic (exact) mass is 184 g/mol. The molecule has 0 aliphatic carbocycles. The van der Waals surface area contributed by atoms with E-state index in [1.54, 1.807) is 0 Å². The van der Waals surface area contributed by atoms with Gasteiger partial charge in [-0.05, 0) is 26.4 Å². The van der Waals surface area contributed by atoms with Crippen LogP contribution in [-0.4, -0.2) is 62.3 Å². The molecule has 2 fully saturated rings. The maximum absolute atomic E-state index is 5.46. The zero-order valence-electron chi connectivity index (χ0n) is 8.54. The van der Waals surface area contributed by atoms with Crippen LogP contribution >= 0.6 is 0 Å². The lowest BCUT2D eigenvalue weighted by Gasteiger charge is -2.26. The Labute approximate surface area is 80.6 Å².